The van der Waals surface area contributed by atoms with E-state index in [0.717, 1.165) is 28.5 Å². The molecule has 0 aliphatic rings. The van der Waals surface area contributed by atoms with E-state index in [2.05, 4.69) is 10.5 Å². The van der Waals surface area contributed by atoms with E-state index in [-0.39, 0.29) is 5.56 Å². The molecule has 0 fully saturated rings. The van der Waals surface area contributed by atoms with Crippen LogP contribution in [-0.4, -0.2) is 16.8 Å². The highest BCUT2D eigenvalue weighted by atomic mass is 16.4. The highest BCUT2D eigenvalue weighted by Crippen LogP contribution is 2.15. The van der Waals surface area contributed by atoms with Gasteiger partial charge < -0.3 is 9.52 Å². The lowest BCUT2D eigenvalue weighted by Gasteiger charge is -2.03. The Bertz CT molecular complexity index is 654. The molecular weight excluding hydrogens is 256 g/mol. The molecule has 104 valence electrons. The maximum Gasteiger partial charge on any atom is 0.335 e. The van der Waals surface area contributed by atoms with Gasteiger partial charge in [0.2, 0.25) is 0 Å². The van der Waals surface area contributed by atoms with Crippen LogP contribution in [0.1, 0.15) is 34.4 Å². The molecule has 5 heteroatoms. The first kappa shape index (κ1) is 13.9. The lowest BCUT2D eigenvalue weighted by Crippen LogP contribution is -2.00. The van der Waals surface area contributed by atoms with Gasteiger partial charge in [0.25, 0.3) is 0 Å². The summed E-state index contributed by atoms with van der Waals surface area (Å²) in [6.45, 7) is 5.67. The molecule has 0 saturated heterocycles. The van der Waals surface area contributed by atoms with Gasteiger partial charge in [0.15, 0.2) is 0 Å². The van der Waals surface area contributed by atoms with Crippen LogP contribution in [0.25, 0.3) is 0 Å². The molecule has 0 aliphatic carbocycles. The van der Waals surface area contributed by atoms with Gasteiger partial charge in [-0.15, -0.1) is 0 Å². The van der Waals surface area contributed by atoms with Crippen molar-refractivity contribution in [2.75, 3.05) is 5.43 Å². The number of furan rings is 1. The first-order chi connectivity index (χ1) is 9.47. The third-order valence-electron chi connectivity index (χ3n) is 2.92. The average Bonchev–Trinajstić information content (AvgIpc) is 2.75. The quantitative estimate of drug-likeness (QED) is 0.660. The van der Waals surface area contributed by atoms with Crippen molar-refractivity contribution in [3.05, 3.63) is 53.0 Å². The van der Waals surface area contributed by atoms with Crippen molar-refractivity contribution >= 4 is 17.4 Å². The maximum atomic E-state index is 10.7. The number of hydrazone groups is 1. The summed E-state index contributed by atoms with van der Waals surface area (Å²) in [4.78, 5) is 10.7. The maximum absolute atomic E-state index is 10.7. The third-order valence-corrected chi connectivity index (χ3v) is 2.92. The average molecular weight is 272 g/mol. The number of nitrogens with one attached hydrogen (secondary N) is 1. The minimum absolute atomic E-state index is 0.248. The molecule has 0 amide bonds. The topological polar surface area (TPSA) is 74.8 Å². The van der Waals surface area contributed by atoms with E-state index in [0.29, 0.717) is 0 Å². The summed E-state index contributed by atoms with van der Waals surface area (Å²) >= 11 is 0. The van der Waals surface area contributed by atoms with Gasteiger partial charge in [-0.25, -0.2) is 4.79 Å². The van der Waals surface area contributed by atoms with Crippen LogP contribution < -0.4 is 5.43 Å². The van der Waals surface area contributed by atoms with Crippen molar-refractivity contribution in [1.29, 1.82) is 0 Å². The Morgan fingerprint density at radius 1 is 1.25 bits per heavy atom. The van der Waals surface area contributed by atoms with Crippen LogP contribution in [0.5, 0.6) is 0 Å². The largest absolute Gasteiger partial charge is 0.478 e. The van der Waals surface area contributed by atoms with E-state index in [1.807, 2.05) is 26.8 Å². The minimum atomic E-state index is -0.944. The standard InChI is InChI=1S/C15H16N2O3/c1-9-8-14(11(3)20-9)10(2)16-17-13-6-4-12(5-7-13)15(18)19/h4-8,17H,1-3H3,(H,18,19)/b16-10-. The molecule has 2 aromatic rings. The molecule has 0 unspecified atom stereocenters. The van der Waals surface area contributed by atoms with E-state index < -0.39 is 5.97 Å². The van der Waals surface area contributed by atoms with Crippen LogP contribution in [0.2, 0.25) is 0 Å². The van der Waals surface area contributed by atoms with Gasteiger partial charge in [-0.2, -0.15) is 5.10 Å². The predicted molar refractivity (Wildman–Crippen MR) is 77.4 cm³/mol. The van der Waals surface area contributed by atoms with Gasteiger partial charge in [-0.1, -0.05) is 0 Å². The van der Waals surface area contributed by atoms with E-state index in [4.69, 9.17) is 9.52 Å². The second-order valence-electron chi connectivity index (χ2n) is 4.52. The summed E-state index contributed by atoms with van der Waals surface area (Å²) in [6.07, 6.45) is 0. The van der Waals surface area contributed by atoms with Crippen LogP contribution in [0.15, 0.2) is 39.9 Å². The van der Waals surface area contributed by atoms with Crippen LogP contribution in [-0.2, 0) is 0 Å². The normalized spacial score (nSPS) is 11.4. The van der Waals surface area contributed by atoms with Crippen LogP contribution in [0.4, 0.5) is 5.69 Å². The van der Waals surface area contributed by atoms with Crippen molar-refractivity contribution in [3.63, 3.8) is 0 Å². The number of carboxylic acid groups (broad SMARTS) is 1. The molecule has 0 atom stereocenters. The number of aryl methyl sites for hydroxylation is 2. The number of hydrogen-bond acceptors (Lipinski definition) is 4. The fourth-order valence-electron chi connectivity index (χ4n) is 1.89. The molecular formula is C15H16N2O3. The van der Waals surface area contributed by atoms with Gasteiger partial charge in [0.05, 0.1) is 17.0 Å². The Balaban J connectivity index is 2.12. The van der Waals surface area contributed by atoms with E-state index in [1.165, 1.54) is 12.1 Å². The molecule has 1 aromatic heterocycles. The smallest absolute Gasteiger partial charge is 0.335 e. The number of hydrogen-bond donors (Lipinski definition) is 2. The Kier molecular flexibility index (Phi) is 3.89. The number of nitrogens with zero attached hydrogens (tertiary/aromatic N) is 1. The second kappa shape index (κ2) is 5.61. The highest BCUT2D eigenvalue weighted by molar-refractivity contribution is 6.00. The first-order valence-electron chi connectivity index (χ1n) is 6.18. The zero-order chi connectivity index (χ0) is 14.7. The SMILES string of the molecule is C/C(=N/Nc1ccc(C(=O)O)cc1)c1cc(C)oc1C. The Morgan fingerprint density at radius 3 is 2.40 bits per heavy atom. The third kappa shape index (κ3) is 3.06. The van der Waals surface area contributed by atoms with Crippen molar-refractivity contribution in [3.8, 4) is 0 Å². The molecule has 1 aromatic carbocycles. The monoisotopic (exact) mass is 272 g/mol. The zero-order valence-electron chi connectivity index (χ0n) is 11.6. The highest BCUT2D eigenvalue weighted by Gasteiger charge is 2.07. The van der Waals surface area contributed by atoms with Gasteiger partial charge in [-0.3, -0.25) is 5.43 Å². The molecule has 0 bridgehead atoms. The zero-order valence-corrected chi connectivity index (χ0v) is 11.6. The summed E-state index contributed by atoms with van der Waals surface area (Å²) in [5.41, 5.74) is 5.64. The molecule has 2 N–H and O–H groups in total. The fourth-order valence-corrected chi connectivity index (χ4v) is 1.89. The van der Waals surface area contributed by atoms with Gasteiger partial charge in [-0.05, 0) is 51.1 Å². The molecule has 20 heavy (non-hydrogen) atoms. The first-order valence-corrected chi connectivity index (χ1v) is 6.18. The summed E-state index contributed by atoms with van der Waals surface area (Å²) in [7, 11) is 0. The number of rotatable bonds is 4. The lowest BCUT2D eigenvalue weighted by molar-refractivity contribution is 0.0697. The van der Waals surface area contributed by atoms with E-state index >= 15 is 0 Å². The molecule has 0 aliphatic heterocycles. The van der Waals surface area contributed by atoms with Crippen LogP contribution in [0.3, 0.4) is 0 Å². The molecule has 1 heterocycles. The molecule has 0 saturated carbocycles. The summed E-state index contributed by atoms with van der Waals surface area (Å²) in [5.74, 6) is 0.727. The summed E-state index contributed by atoms with van der Waals surface area (Å²) in [5, 5.41) is 13.1. The van der Waals surface area contributed by atoms with Gasteiger partial charge in [0, 0.05) is 5.56 Å². The van der Waals surface area contributed by atoms with Crippen molar-refractivity contribution in [1.82, 2.24) is 0 Å². The summed E-state index contributed by atoms with van der Waals surface area (Å²) < 4.78 is 5.46. The minimum Gasteiger partial charge on any atom is -0.478 e. The summed E-state index contributed by atoms with van der Waals surface area (Å²) in [6, 6.07) is 8.34. The van der Waals surface area contributed by atoms with Gasteiger partial charge in [0.1, 0.15) is 11.5 Å². The molecule has 0 spiro atoms. The molecule has 0 radical (unpaired) electrons. The Labute approximate surface area is 116 Å². The predicted octanol–water partition coefficient (Wildman–Crippen LogP) is 3.43. The van der Waals surface area contributed by atoms with Crippen LogP contribution in [0, 0.1) is 13.8 Å². The fraction of sp³-hybridized carbons (Fsp3) is 0.200. The van der Waals surface area contributed by atoms with E-state index in [9.17, 15) is 4.79 Å². The number of carboxylic acids is 1. The van der Waals surface area contributed by atoms with Crippen molar-refractivity contribution < 1.29 is 14.3 Å². The number of anilines is 1. The Morgan fingerprint density at radius 2 is 1.90 bits per heavy atom. The van der Waals surface area contributed by atoms with Crippen molar-refractivity contribution in [2.24, 2.45) is 5.10 Å². The van der Waals surface area contributed by atoms with Gasteiger partial charge >= 0.3 is 5.97 Å². The number of benzene rings is 1. The molecule has 2 rings (SSSR count). The Hall–Kier alpha value is -2.56. The van der Waals surface area contributed by atoms with E-state index in [1.54, 1.807) is 12.1 Å². The lowest BCUT2D eigenvalue weighted by atomic mass is 10.2. The number of carbonyl (C=O) groups is 1. The molecule has 5 nitrogen and oxygen atoms in total. The van der Waals surface area contributed by atoms with Crippen molar-refractivity contribution in [2.45, 2.75) is 20.8 Å². The second-order valence-corrected chi connectivity index (χ2v) is 4.52. The number of aromatic carboxylic acids is 1. The van der Waals surface area contributed by atoms with Crippen LogP contribution >= 0.6 is 0 Å².